The summed E-state index contributed by atoms with van der Waals surface area (Å²) in [5, 5.41) is 2.58. The van der Waals surface area contributed by atoms with Gasteiger partial charge in [0, 0.05) is 17.8 Å². The number of benzene rings is 1. The van der Waals surface area contributed by atoms with Crippen LogP contribution in [0.2, 0.25) is 0 Å². The van der Waals surface area contributed by atoms with Gasteiger partial charge in [0.05, 0.1) is 7.11 Å². The molecule has 2 heterocycles. The molecule has 0 bridgehead atoms. The lowest BCUT2D eigenvalue weighted by atomic mass is 10.3. The molecule has 2 aromatic heterocycles. The maximum atomic E-state index is 14.0. The molecule has 0 aliphatic heterocycles. The Morgan fingerprint density at radius 3 is 2.36 bits per heavy atom. The van der Waals surface area contributed by atoms with Gasteiger partial charge in [0.15, 0.2) is 11.6 Å². The number of pyridine rings is 1. The Bertz CT molecular complexity index is 917. The fraction of sp³-hybridized carbons (Fsp3) is 0.0667. The molecule has 0 fully saturated rings. The standard InChI is InChI=1S/C15H11F3N6O/c1-25-11-3-2-10(18)12(21-11)13-22-14(19)24-15(23-13)20-9-5-7(16)4-8(17)6-9/h2-6H,1H3,(H3,19,20,22,23,24). The Balaban J connectivity index is 2.01. The van der Waals surface area contributed by atoms with Crippen LogP contribution in [0.25, 0.3) is 11.5 Å². The van der Waals surface area contributed by atoms with Crippen LogP contribution in [-0.2, 0) is 0 Å². The van der Waals surface area contributed by atoms with Crippen molar-refractivity contribution in [2.75, 3.05) is 18.2 Å². The molecule has 25 heavy (non-hydrogen) atoms. The molecule has 0 spiro atoms. The second kappa shape index (κ2) is 6.59. The monoisotopic (exact) mass is 348 g/mol. The smallest absolute Gasteiger partial charge is 0.232 e. The van der Waals surface area contributed by atoms with E-state index in [1.165, 1.54) is 13.2 Å². The summed E-state index contributed by atoms with van der Waals surface area (Å²) in [6, 6.07) is 5.25. The van der Waals surface area contributed by atoms with E-state index in [9.17, 15) is 13.2 Å². The number of nitrogens with two attached hydrogens (primary N) is 1. The van der Waals surface area contributed by atoms with Crippen molar-refractivity contribution < 1.29 is 17.9 Å². The first-order valence-electron chi connectivity index (χ1n) is 6.90. The number of nitrogen functional groups attached to an aromatic ring is 1. The fourth-order valence-electron chi connectivity index (χ4n) is 2.00. The van der Waals surface area contributed by atoms with Crippen molar-refractivity contribution in [3.63, 3.8) is 0 Å². The van der Waals surface area contributed by atoms with Crippen LogP contribution in [0.3, 0.4) is 0 Å². The maximum absolute atomic E-state index is 14.0. The van der Waals surface area contributed by atoms with Gasteiger partial charge in [0.2, 0.25) is 17.8 Å². The van der Waals surface area contributed by atoms with Gasteiger partial charge >= 0.3 is 0 Å². The lowest BCUT2D eigenvalue weighted by molar-refractivity contribution is 0.396. The quantitative estimate of drug-likeness (QED) is 0.748. The molecule has 0 unspecified atom stereocenters. The Labute approximate surface area is 139 Å². The van der Waals surface area contributed by atoms with Crippen LogP contribution in [0.5, 0.6) is 5.88 Å². The highest BCUT2D eigenvalue weighted by Crippen LogP contribution is 2.23. The molecule has 128 valence electrons. The predicted molar refractivity (Wildman–Crippen MR) is 83.6 cm³/mol. The van der Waals surface area contributed by atoms with Crippen molar-refractivity contribution in [3.05, 3.63) is 47.8 Å². The number of nitrogens with zero attached hydrogens (tertiary/aromatic N) is 4. The van der Waals surface area contributed by atoms with E-state index in [1.54, 1.807) is 0 Å². The summed E-state index contributed by atoms with van der Waals surface area (Å²) in [6.45, 7) is 0. The third-order valence-corrected chi connectivity index (χ3v) is 3.01. The molecule has 0 saturated carbocycles. The normalized spacial score (nSPS) is 10.6. The van der Waals surface area contributed by atoms with Gasteiger partial charge in [0.1, 0.15) is 17.3 Å². The summed E-state index contributed by atoms with van der Waals surface area (Å²) in [5.74, 6) is -2.64. The Morgan fingerprint density at radius 2 is 1.68 bits per heavy atom. The van der Waals surface area contributed by atoms with Gasteiger partial charge in [-0.2, -0.15) is 15.0 Å². The molecule has 0 aliphatic rings. The number of ether oxygens (including phenoxy) is 1. The average Bonchev–Trinajstić information content (AvgIpc) is 2.53. The first-order chi connectivity index (χ1) is 11.9. The minimum Gasteiger partial charge on any atom is -0.481 e. The van der Waals surface area contributed by atoms with Crippen LogP contribution in [0.4, 0.5) is 30.8 Å². The van der Waals surface area contributed by atoms with Gasteiger partial charge in [-0.15, -0.1) is 0 Å². The second-order valence-electron chi connectivity index (χ2n) is 4.81. The third kappa shape index (κ3) is 3.74. The first kappa shape index (κ1) is 16.4. The number of aromatic nitrogens is 4. The molecule has 10 heteroatoms. The third-order valence-electron chi connectivity index (χ3n) is 3.01. The zero-order valence-electron chi connectivity index (χ0n) is 12.8. The van der Waals surface area contributed by atoms with Crippen molar-refractivity contribution in [2.24, 2.45) is 0 Å². The Morgan fingerprint density at radius 1 is 0.960 bits per heavy atom. The number of halogens is 3. The maximum Gasteiger partial charge on any atom is 0.232 e. The van der Waals surface area contributed by atoms with Crippen LogP contribution in [0, 0.1) is 17.5 Å². The fourth-order valence-corrected chi connectivity index (χ4v) is 2.00. The number of hydrogen-bond donors (Lipinski definition) is 2. The van der Waals surface area contributed by atoms with Crippen molar-refractivity contribution in [1.29, 1.82) is 0 Å². The van der Waals surface area contributed by atoms with E-state index >= 15 is 0 Å². The lowest BCUT2D eigenvalue weighted by Crippen LogP contribution is -2.07. The summed E-state index contributed by atoms with van der Waals surface area (Å²) in [5.41, 5.74) is 5.44. The van der Waals surface area contributed by atoms with Crippen molar-refractivity contribution in [1.82, 2.24) is 19.9 Å². The van der Waals surface area contributed by atoms with Crippen molar-refractivity contribution in [2.45, 2.75) is 0 Å². The molecule has 3 aromatic rings. The number of anilines is 3. The van der Waals surface area contributed by atoms with Gasteiger partial charge in [-0.05, 0) is 18.2 Å². The van der Waals surface area contributed by atoms with E-state index in [4.69, 9.17) is 10.5 Å². The SMILES string of the molecule is COc1ccc(F)c(-c2nc(N)nc(Nc3cc(F)cc(F)c3)n2)n1. The minimum absolute atomic E-state index is 0.0492. The van der Waals surface area contributed by atoms with E-state index < -0.39 is 17.5 Å². The molecule has 0 saturated heterocycles. The topological polar surface area (TPSA) is 98.8 Å². The van der Waals surface area contributed by atoms with Crippen LogP contribution in [0.15, 0.2) is 30.3 Å². The summed E-state index contributed by atoms with van der Waals surface area (Å²) >= 11 is 0. The van der Waals surface area contributed by atoms with E-state index in [0.717, 1.165) is 18.2 Å². The van der Waals surface area contributed by atoms with Crippen LogP contribution >= 0.6 is 0 Å². The largest absolute Gasteiger partial charge is 0.481 e. The highest BCUT2D eigenvalue weighted by Gasteiger charge is 2.15. The Hall–Kier alpha value is -3.43. The first-order valence-corrected chi connectivity index (χ1v) is 6.90. The molecule has 3 N–H and O–H groups in total. The molecule has 0 radical (unpaired) electrons. The van der Waals surface area contributed by atoms with E-state index in [2.05, 4.69) is 25.3 Å². The van der Waals surface area contributed by atoms with Gasteiger partial charge in [0.25, 0.3) is 0 Å². The molecule has 7 nitrogen and oxygen atoms in total. The number of nitrogens with one attached hydrogen (secondary N) is 1. The lowest BCUT2D eigenvalue weighted by Gasteiger charge is -2.08. The molecule has 1 aromatic carbocycles. The zero-order chi connectivity index (χ0) is 18.0. The highest BCUT2D eigenvalue weighted by molar-refractivity contribution is 5.59. The Kier molecular flexibility index (Phi) is 4.33. The van der Waals surface area contributed by atoms with E-state index in [0.29, 0.717) is 6.07 Å². The molecule has 3 rings (SSSR count). The van der Waals surface area contributed by atoms with Gasteiger partial charge < -0.3 is 15.8 Å². The van der Waals surface area contributed by atoms with Gasteiger partial charge in [-0.3, -0.25) is 0 Å². The molecular weight excluding hydrogens is 337 g/mol. The van der Waals surface area contributed by atoms with Crippen molar-refractivity contribution >= 4 is 17.6 Å². The number of hydrogen-bond acceptors (Lipinski definition) is 7. The highest BCUT2D eigenvalue weighted by atomic mass is 19.1. The molecular formula is C15H11F3N6O. The molecule has 0 aliphatic carbocycles. The number of methoxy groups -OCH3 is 1. The average molecular weight is 348 g/mol. The van der Waals surface area contributed by atoms with E-state index in [1.807, 2.05) is 0 Å². The van der Waals surface area contributed by atoms with Crippen LogP contribution in [0.1, 0.15) is 0 Å². The number of rotatable bonds is 4. The van der Waals surface area contributed by atoms with E-state index in [-0.39, 0.29) is 35.0 Å². The van der Waals surface area contributed by atoms with Crippen LogP contribution < -0.4 is 15.8 Å². The second-order valence-corrected chi connectivity index (χ2v) is 4.81. The van der Waals surface area contributed by atoms with Crippen molar-refractivity contribution in [3.8, 4) is 17.4 Å². The summed E-state index contributed by atoms with van der Waals surface area (Å²) in [4.78, 5) is 15.5. The van der Waals surface area contributed by atoms with Gasteiger partial charge in [-0.25, -0.2) is 18.2 Å². The zero-order valence-corrected chi connectivity index (χ0v) is 12.8. The molecule has 0 amide bonds. The predicted octanol–water partition coefficient (Wildman–Crippen LogP) is 2.69. The van der Waals surface area contributed by atoms with Crippen LogP contribution in [-0.4, -0.2) is 27.0 Å². The minimum atomic E-state index is -0.787. The summed E-state index contributed by atoms with van der Waals surface area (Å²) < 4.78 is 45.5. The molecule has 0 atom stereocenters. The van der Waals surface area contributed by atoms with Gasteiger partial charge in [-0.1, -0.05) is 0 Å². The summed E-state index contributed by atoms with van der Waals surface area (Å²) in [6.07, 6.45) is 0. The summed E-state index contributed by atoms with van der Waals surface area (Å²) in [7, 11) is 1.37.